The van der Waals surface area contributed by atoms with Crippen molar-refractivity contribution in [3.8, 4) is 11.8 Å². The molecule has 2 N–H and O–H groups in total. The van der Waals surface area contributed by atoms with E-state index >= 15 is 0 Å². The Morgan fingerprint density at radius 1 is 1.50 bits per heavy atom. The molecule has 2 rings (SSSR count). The number of carboxylic acid groups (broad SMARTS) is 1. The molecule has 0 radical (unpaired) electrons. The van der Waals surface area contributed by atoms with Gasteiger partial charge in [0.2, 0.25) is 0 Å². The van der Waals surface area contributed by atoms with E-state index in [0.29, 0.717) is 25.7 Å². The summed E-state index contributed by atoms with van der Waals surface area (Å²) < 4.78 is 5.21. The summed E-state index contributed by atoms with van der Waals surface area (Å²) in [4.78, 5) is 10.7. The van der Waals surface area contributed by atoms with Crippen molar-refractivity contribution in [2.45, 2.75) is 37.1 Å². The molecular formula is C15H18N2O3. The molecule has 0 aromatic heterocycles. The van der Waals surface area contributed by atoms with Gasteiger partial charge in [-0.2, -0.15) is 5.26 Å². The van der Waals surface area contributed by atoms with E-state index < -0.39 is 11.5 Å². The largest absolute Gasteiger partial charge is 0.497 e. The van der Waals surface area contributed by atoms with Crippen LogP contribution in [0.15, 0.2) is 24.3 Å². The van der Waals surface area contributed by atoms with E-state index in [1.807, 2.05) is 24.3 Å². The maximum Gasteiger partial charge on any atom is 0.404 e. The van der Waals surface area contributed by atoms with Gasteiger partial charge in [-0.25, -0.2) is 4.79 Å². The van der Waals surface area contributed by atoms with Gasteiger partial charge >= 0.3 is 6.09 Å². The highest BCUT2D eigenvalue weighted by molar-refractivity contribution is 5.64. The van der Waals surface area contributed by atoms with Crippen molar-refractivity contribution in [1.82, 2.24) is 5.32 Å². The quantitative estimate of drug-likeness (QED) is 0.887. The molecule has 1 saturated carbocycles. The molecule has 0 spiro atoms. The third-order valence-corrected chi connectivity index (χ3v) is 4.00. The molecule has 20 heavy (non-hydrogen) atoms. The molecule has 1 aliphatic rings. The summed E-state index contributed by atoms with van der Waals surface area (Å²) in [5.74, 6) is 0.739. The second-order valence-electron chi connectivity index (χ2n) is 5.15. The van der Waals surface area contributed by atoms with E-state index in [0.717, 1.165) is 11.3 Å². The van der Waals surface area contributed by atoms with Gasteiger partial charge in [0.05, 0.1) is 18.6 Å². The monoisotopic (exact) mass is 274 g/mol. The maximum absolute atomic E-state index is 10.7. The number of amides is 1. The Labute approximate surface area is 118 Å². The summed E-state index contributed by atoms with van der Waals surface area (Å²) in [6, 6.07) is 9.95. The van der Waals surface area contributed by atoms with Gasteiger partial charge in [-0.15, -0.1) is 0 Å². The highest BCUT2D eigenvalue weighted by atomic mass is 16.5. The van der Waals surface area contributed by atoms with Crippen LogP contribution < -0.4 is 10.1 Å². The lowest BCUT2D eigenvalue weighted by molar-refractivity contribution is 0.182. The normalized spacial score (nSPS) is 25.5. The van der Waals surface area contributed by atoms with E-state index in [-0.39, 0.29) is 6.04 Å². The van der Waals surface area contributed by atoms with Crippen molar-refractivity contribution >= 4 is 6.09 Å². The Bertz CT molecular complexity index is 528. The molecule has 5 nitrogen and oxygen atoms in total. The van der Waals surface area contributed by atoms with Crippen LogP contribution in [0.3, 0.4) is 0 Å². The van der Waals surface area contributed by atoms with Crippen LogP contribution >= 0.6 is 0 Å². The van der Waals surface area contributed by atoms with Crippen LogP contribution in [0.5, 0.6) is 5.75 Å². The summed E-state index contributed by atoms with van der Waals surface area (Å²) in [5.41, 5.74) is 0.415. The number of benzene rings is 1. The molecule has 5 heteroatoms. The topological polar surface area (TPSA) is 82.3 Å². The molecule has 106 valence electrons. The minimum Gasteiger partial charge on any atom is -0.497 e. The Morgan fingerprint density at radius 3 is 2.75 bits per heavy atom. The minimum atomic E-state index is -0.999. The molecule has 0 saturated heterocycles. The van der Waals surface area contributed by atoms with Gasteiger partial charge in [-0.3, -0.25) is 0 Å². The summed E-state index contributed by atoms with van der Waals surface area (Å²) >= 11 is 0. The van der Waals surface area contributed by atoms with Gasteiger partial charge in [-0.1, -0.05) is 12.1 Å². The van der Waals surface area contributed by atoms with Gasteiger partial charge < -0.3 is 15.2 Å². The molecular weight excluding hydrogens is 256 g/mol. The molecule has 1 aromatic rings. The number of rotatable bonds is 3. The second kappa shape index (κ2) is 5.83. The van der Waals surface area contributed by atoms with E-state index in [1.165, 1.54) is 0 Å². The van der Waals surface area contributed by atoms with Gasteiger partial charge in [-0.05, 0) is 43.4 Å². The van der Waals surface area contributed by atoms with Crippen LogP contribution in [-0.2, 0) is 5.41 Å². The fourth-order valence-electron chi connectivity index (χ4n) is 2.82. The van der Waals surface area contributed by atoms with Crippen LogP contribution in [0.2, 0.25) is 0 Å². The Hall–Kier alpha value is -2.22. The summed E-state index contributed by atoms with van der Waals surface area (Å²) in [5, 5.41) is 20.8. The van der Waals surface area contributed by atoms with Gasteiger partial charge in [0.25, 0.3) is 0 Å². The second-order valence-corrected chi connectivity index (χ2v) is 5.15. The van der Waals surface area contributed by atoms with Crippen LogP contribution in [0.4, 0.5) is 4.79 Å². The predicted molar refractivity (Wildman–Crippen MR) is 73.7 cm³/mol. The first-order chi connectivity index (χ1) is 9.59. The van der Waals surface area contributed by atoms with Crippen LogP contribution in [0, 0.1) is 11.3 Å². The Balaban J connectivity index is 2.16. The number of hydrogen-bond donors (Lipinski definition) is 2. The highest BCUT2D eigenvalue weighted by Gasteiger charge is 2.37. The van der Waals surface area contributed by atoms with E-state index in [9.17, 15) is 10.1 Å². The lowest BCUT2D eigenvalue weighted by atomic mass is 9.69. The lowest BCUT2D eigenvalue weighted by Crippen LogP contribution is -2.41. The number of methoxy groups -OCH3 is 1. The summed E-state index contributed by atoms with van der Waals surface area (Å²) in [7, 11) is 1.60. The van der Waals surface area contributed by atoms with Crippen molar-refractivity contribution in [3.63, 3.8) is 0 Å². The molecule has 1 aromatic carbocycles. The minimum absolute atomic E-state index is 0.0559. The van der Waals surface area contributed by atoms with Gasteiger partial charge in [0.15, 0.2) is 0 Å². The zero-order chi connectivity index (χ0) is 14.6. The first-order valence-electron chi connectivity index (χ1n) is 6.65. The van der Waals surface area contributed by atoms with Crippen molar-refractivity contribution in [3.05, 3.63) is 29.8 Å². The zero-order valence-electron chi connectivity index (χ0n) is 11.4. The summed E-state index contributed by atoms with van der Waals surface area (Å²) in [6.45, 7) is 0. The smallest absolute Gasteiger partial charge is 0.404 e. The van der Waals surface area contributed by atoms with Crippen LogP contribution in [0.25, 0.3) is 0 Å². The third-order valence-electron chi connectivity index (χ3n) is 4.00. The van der Waals surface area contributed by atoms with Crippen molar-refractivity contribution in [2.24, 2.45) is 0 Å². The molecule has 0 unspecified atom stereocenters. The van der Waals surface area contributed by atoms with Crippen LogP contribution in [0.1, 0.15) is 31.2 Å². The van der Waals surface area contributed by atoms with E-state index in [1.54, 1.807) is 7.11 Å². The highest BCUT2D eigenvalue weighted by Crippen LogP contribution is 2.40. The first kappa shape index (κ1) is 14.2. The predicted octanol–water partition coefficient (Wildman–Crippen LogP) is 2.67. The Morgan fingerprint density at radius 2 is 2.20 bits per heavy atom. The Kier molecular flexibility index (Phi) is 4.14. The van der Waals surface area contributed by atoms with E-state index in [2.05, 4.69) is 11.4 Å². The first-order valence-corrected chi connectivity index (χ1v) is 6.65. The number of nitrogens with zero attached hydrogens (tertiary/aromatic N) is 1. The number of carbonyl (C=O) groups is 1. The van der Waals surface area contributed by atoms with Crippen molar-refractivity contribution in [2.75, 3.05) is 7.11 Å². The standard InChI is InChI=1S/C15H18N2O3/c1-20-13-4-2-3-11(9-13)15(10-16)7-5-12(6-8-15)17-14(18)19/h2-4,9,12,17H,5-8H2,1H3,(H,18,19). The molecule has 0 atom stereocenters. The molecule has 0 bridgehead atoms. The van der Waals surface area contributed by atoms with Gasteiger partial charge in [0, 0.05) is 6.04 Å². The number of nitrogens with one attached hydrogen (secondary N) is 1. The lowest BCUT2D eigenvalue weighted by Gasteiger charge is -2.35. The maximum atomic E-state index is 10.7. The molecule has 0 aliphatic heterocycles. The van der Waals surface area contributed by atoms with Crippen LogP contribution in [-0.4, -0.2) is 24.4 Å². The SMILES string of the molecule is COc1cccc(C2(C#N)CCC(NC(=O)O)CC2)c1. The number of nitriles is 1. The van der Waals surface area contributed by atoms with Crippen molar-refractivity contribution < 1.29 is 14.6 Å². The fraction of sp³-hybridized carbons (Fsp3) is 0.467. The van der Waals surface area contributed by atoms with Crippen molar-refractivity contribution in [1.29, 1.82) is 5.26 Å². The average Bonchev–Trinajstić information content (AvgIpc) is 2.48. The molecule has 0 heterocycles. The average molecular weight is 274 g/mol. The van der Waals surface area contributed by atoms with Gasteiger partial charge in [0.1, 0.15) is 5.75 Å². The number of hydrogen-bond acceptors (Lipinski definition) is 3. The molecule has 1 amide bonds. The zero-order valence-corrected chi connectivity index (χ0v) is 11.4. The molecule has 1 aliphatic carbocycles. The fourth-order valence-corrected chi connectivity index (χ4v) is 2.82. The summed E-state index contributed by atoms with van der Waals surface area (Å²) in [6.07, 6.45) is 1.66. The molecule has 1 fully saturated rings. The number of ether oxygens (including phenoxy) is 1. The third kappa shape index (κ3) is 2.85. The van der Waals surface area contributed by atoms with E-state index in [4.69, 9.17) is 9.84 Å².